The molecule has 7 atom stereocenters. The summed E-state index contributed by atoms with van der Waals surface area (Å²) in [7, 11) is 0. The molecule has 1 heterocycles. The molecular formula is C68H125NO8. The number of carbonyl (C=O) groups excluding carboxylic acids is 1. The highest BCUT2D eigenvalue weighted by Crippen LogP contribution is 2.23. The average Bonchev–Trinajstić information content (AvgIpc) is 3.43. The van der Waals surface area contributed by atoms with Crippen molar-refractivity contribution in [1.82, 2.24) is 5.32 Å². The molecule has 7 unspecified atom stereocenters. The Morgan fingerprint density at radius 2 is 0.805 bits per heavy atom. The summed E-state index contributed by atoms with van der Waals surface area (Å²) >= 11 is 0. The van der Waals surface area contributed by atoms with Gasteiger partial charge in [0.1, 0.15) is 24.4 Å². The van der Waals surface area contributed by atoms with Crippen LogP contribution in [0.3, 0.4) is 0 Å². The molecule has 1 amide bonds. The van der Waals surface area contributed by atoms with E-state index in [0.29, 0.717) is 6.42 Å². The van der Waals surface area contributed by atoms with Crippen molar-refractivity contribution in [1.29, 1.82) is 0 Å². The van der Waals surface area contributed by atoms with Gasteiger partial charge >= 0.3 is 0 Å². The third-order valence-electron chi connectivity index (χ3n) is 15.6. The van der Waals surface area contributed by atoms with Crippen molar-refractivity contribution in [3.8, 4) is 0 Å². The molecule has 0 aliphatic carbocycles. The smallest absolute Gasteiger partial charge is 0.220 e. The Morgan fingerprint density at radius 3 is 1.19 bits per heavy atom. The lowest BCUT2D eigenvalue weighted by Gasteiger charge is -2.40. The van der Waals surface area contributed by atoms with Crippen LogP contribution in [0.15, 0.2) is 60.8 Å². The highest BCUT2D eigenvalue weighted by atomic mass is 16.7. The number of nitrogens with one attached hydrogen (secondary N) is 1. The first-order valence-corrected chi connectivity index (χ1v) is 33.0. The van der Waals surface area contributed by atoms with Gasteiger partial charge in [0.25, 0.3) is 0 Å². The van der Waals surface area contributed by atoms with Crippen molar-refractivity contribution < 1.29 is 39.8 Å². The topological polar surface area (TPSA) is 149 Å². The average molecular weight is 1080 g/mol. The standard InChI is InChI=1S/C68H125NO8/c1-3-5-7-9-11-13-15-17-19-21-23-25-27-29-31-33-35-37-39-41-43-45-47-49-51-53-55-57-62(71)61(60-76-68-67(75)66(74)65(73)63(59-70)77-68)69-64(72)58-56-54-52-50-48-46-44-42-40-38-36-34-32-30-28-26-24-22-20-18-16-14-12-10-8-6-4-2/h6,8,12,14,18,20,24,26,55,57,61-63,65-68,70-71,73-75H,3-5,7,9-11,13,15-17,19,21-23,25,27-54,56,58-60H2,1-2H3,(H,69,72)/b8-6-,14-12-,20-18-,26-24-,57-55+. The SMILES string of the molecule is CC/C=C\C/C=C\C/C=C\C/C=C\CCCCCCCCCCCCCCCCC(=O)NC(COC1OC(CO)C(O)C(O)C1O)C(O)/C=C/CCCCCCCCCCCCCCCCCCCCCCCCCCC. The lowest BCUT2D eigenvalue weighted by Crippen LogP contribution is -2.60. The van der Waals surface area contributed by atoms with Gasteiger partial charge in [-0.15, -0.1) is 0 Å². The van der Waals surface area contributed by atoms with E-state index in [1.807, 2.05) is 6.08 Å². The van der Waals surface area contributed by atoms with Crippen LogP contribution in [0.5, 0.6) is 0 Å². The van der Waals surface area contributed by atoms with E-state index in [1.54, 1.807) is 6.08 Å². The van der Waals surface area contributed by atoms with E-state index in [2.05, 4.69) is 67.8 Å². The second-order valence-electron chi connectivity index (χ2n) is 22.9. The molecule has 0 aromatic rings. The summed E-state index contributed by atoms with van der Waals surface area (Å²) in [6, 6.07) is -0.809. The van der Waals surface area contributed by atoms with E-state index in [9.17, 15) is 30.3 Å². The van der Waals surface area contributed by atoms with Crippen LogP contribution in [0.25, 0.3) is 0 Å². The third-order valence-corrected chi connectivity index (χ3v) is 15.6. The quantitative estimate of drug-likeness (QED) is 0.0261. The van der Waals surface area contributed by atoms with Crippen LogP contribution in [0.1, 0.15) is 309 Å². The zero-order valence-corrected chi connectivity index (χ0v) is 50.2. The molecular weight excluding hydrogens is 959 g/mol. The van der Waals surface area contributed by atoms with E-state index in [4.69, 9.17) is 9.47 Å². The Bertz CT molecular complexity index is 1400. The summed E-state index contributed by atoms with van der Waals surface area (Å²) in [5.74, 6) is -0.175. The molecule has 0 saturated carbocycles. The molecule has 1 saturated heterocycles. The van der Waals surface area contributed by atoms with E-state index in [1.165, 1.54) is 225 Å². The number of unbranched alkanes of at least 4 members (excludes halogenated alkanes) is 39. The van der Waals surface area contributed by atoms with Gasteiger partial charge in [0, 0.05) is 6.42 Å². The second-order valence-corrected chi connectivity index (χ2v) is 22.9. The van der Waals surface area contributed by atoms with Crippen molar-refractivity contribution in [2.45, 2.75) is 352 Å². The largest absolute Gasteiger partial charge is 0.394 e. The molecule has 9 heteroatoms. The van der Waals surface area contributed by atoms with Gasteiger partial charge < -0.3 is 40.3 Å². The lowest BCUT2D eigenvalue weighted by atomic mass is 9.99. The molecule has 0 spiro atoms. The van der Waals surface area contributed by atoms with E-state index >= 15 is 0 Å². The third kappa shape index (κ3) is 46.2. The zero-order chi connectivity index (χ0) is 55.8. The molecule has 1 fully saturated rings. The van der Waals surface area contributed by atoms with Gasteiger partial charge in [0.2, 0.25) is 5.91 Å². The van der Waals surface area contributed by atoms with Gasteiger partial charge in [-0.25, -0.2) is 0 Å². The molecule has 9 nitrogen and oxygen atoms in total. The van der Waals surface area contributed by atoms with Crippen molar-refractivity contribution in [3.63, 3.8) is 0 Å². The molecule has 450 valence electrons. The first kappa shape index (κ1) is 72.9. The van der Waals surface area contributed by atoms with Crippen LogP contribution in [0.2, 0.25) is 0 Å². The maximum absolute atomic E-state index is 13.1. The minimum Gasteiger partial charge on any atom is -0.394 e. The molecule has 0 aromatic carbocycles. The van der Waals surface area contributed by atoms with Gasteiger partial charge in [0.05, 0.1) is 25.4 Å². The van der Waals surface area contributed by atoms with E-state index < -0.39 is 49.5 Å². The van der Waals surface area contributed by atoms with Gasteiger partial charge in [-0.05, 0) is 57.8 Å². The van der Waals surface area contributed by atoms with Gasteiger partial charge in [-0.3, -0.25) is 4.79 Å². The molecule has 0 radical (unpaired) electrons. The number of ether oxygens (including phenoxy) is 2. The molecule has 1 aliphatic heterocycles. The monoisotopic (exact) mass is 1080 g/mol. The highest BCUT2D eigenvalue weighted by molar-refractivity contribution is 5.76. The summed E-state index contributed by atoms with van der Waals surface area (Å²) < 4.78 is 11.3. The first-order valence-electron chi connectivity index (χ1n) is 33.0. The molecule has 77 heavy (non-hydrogen) atoms. The normalized spacial score (nSPS) is 19.1. The maximum Gasteiger partial charge on any atom is 0.220 e. The number of carbonyl (C=O) groups is 1. The maximum atomic E-state index is 13.1. The minimum atomic E-state index is -1.57. The number of aliphatic hydroxyl groups is 5. The predicted molar refractivity (Wildman–Crippen MR) is 327 cm³/mol. The zero-order valence-electron chi connectivity index (χ0n) is 50.2. The molecule has 1 rings (SSSR count). The minimum absolute atomic E-state index is 0.175. The van der Waals surface area contributed by atoms with Crippen LogP contribution in [0.4, 0.5) is 0 Å². The Kier molecular flexibility index (Phi) is 54.1. The lowest BCUT2D eigenvalue weighted by molar-refractivity contribution is -0.302. The Labute approximate surface area is 475 Å². The Morgan fingerprint density at radius 1 is 0.455 bits per heavy atom. The summed E-state index contributed by atoms with van der Waals surface area (Å²) in [4.78, 5) is 13.1. The molecule has 1 aliphatic rings. The van der Waals surface area contributed by atoms with Crippen LogP contribution < -0.4 is 5.32 Å². The number of allylic oxidation sites excluding steroid dienone is 9. The summed E-state index contributed by atoms with van der Waals surface area (Å²) in [5.41, 5.74) is 0. The van der Waals surface area contributed by atoms with Crippen molar-refractivity contribution in [2.75, 3.05) is 13.2 Å². The Hall–Kier alpha value is -2.11. The van der Waals surface area contributed by atoms with Crippen molar-refractivity contribution in [3.05, 3.63) is 60.8 Å². The van der Waals surface area contributed by atoms with E-state index in [-0.39, 0.29) is 12.5 Å². The number of amides is 1. The van der Waals surface area contributed by atoms with Crippen LogP contribution in [-0.2, 0) is 14.3 Å². The Balaban J connectivity index is 2.16. The van der Waals surface area contributed by atoms with Crippen molar-refractivity contribution >= 4 is 5.91 Å². The summed E-state index contributed by atoms with van der Waals surface area (Å²) in [5, 5.41) is 54.7. The fourth-order valence-corrected chi connectivity index (χ4v) is 10.4. The fourth-order valence-electron chi connectivity index (χ4n) is 10.4. The first-order chi connectivity index (χ1) is 37.8. The number of rotatable bonds is 57. The number of hydrogen-bond acceptors (Lipinski definition) is 8. The molecule has 6 N–H and O–H groups in total. The molecule has 0 aromatic heterocycles. The number of hydrogen-bond donors (Lipinski definition) is 6. The van der Waals surface area contributed by atoms with E-state index in [0.717, 1.165) is 64.2 Å². The van der Waals surface area contributed by atoms with Gasteiger partial charge in [0.15, 0.2) is 6.29 Å². The van der Waals surface area contributed by atoms with Crippen molar-refractivity contribution in [2.24, 2.45) is 0 Å². The predicted octanol–water partition coefficient (Wildman–Crippen LogP) is 17.4. The van der Waals surface area contributed by atoms with Gasteiger partial charge in [-0.1, -0.05) is 306 Å². The van der Waals surface area contributed by atoms with Crippen LogP contribution >= 0.6 is 0 Å². The highest BCUT2D eigenvalue weighted by Gasteiger charge is 2.44. The van der Waals surface area contributed by atoms with Crippen LogP contribution in [0, 0.1) is 0 Å². The molecule has 0 bridgehead atoms. The number of aliphatic hydroxyl groups excluding tert-OH is 5. The second kappa shape index (κ2) is 57.1. The fraction of sp³-hybridized carbons (Fsp3) is 0.838. The summed E-state index contributed by atoms with van der Waals surface area (Å²) in [6.07, 6.45) is 71.6. The van der Waals surface area contributed by atoms with Crippen LogP contribution in [-0.4, -0.2) is 87.5 Å². The summed E-state index contributed by atoms with van der Waals surface area (Å²) in [6.45, 7) is 3.71. The van der Waals surface area contributed by atoms with Gasteiger partial charge in [-0.2, -0.15) is 0 Å².